The molecule has 0 aliphatic heterocycles. The van der Waals surface area contributed by atoms with E-state index in [9.17, 15) is 9.90 Å². The second kappa shape index (κ2) is 5.72. The van der Waals surface area contributed by atoms with Crippen molar-refractivity contribution in [3.8, 4) is 18.1 Å². The minimum Gasteiger partial charge on any atom is -0.504 e. The van der Waals surface area contributed by atoms with Crippen molar-refractivity contribution in [2.24, 2.45) is 0 Å². The standard InChI is InChI=1S/C14H13NO3S/c1-3-5-7-18-14(17)11-12(16)13-9(6-8-19-13)10(4-2)15-11/h2,6,8,16H,3,5,7H2,1H3. The Balaban J connectivity index is 2.40. The maximum Gasteiger partial charge on any atom is 0.360 e. The first kappa shape index (κ1) is 13.4. The van der Waals surface area contributed by atoms with Gasteiger partial charge in [0.1, 0.15) is 5.69 Å². The summed E-state index contributed by atoms with van der Waals surface area (Å²) >= 11 is 1.31. The van der Waals surface area contributed by atoms with E-state index in [1.807, 2.05) is 6.92 Å². The number of aromatic nitrogens is 1. The van der Waals surface area contributed by atoms with E-state index in [2.05, 4.69) is 10.9 Å². The number of ether oxygens (including phenoxy) is 1. The van der Waals surface area contributed by atoms with Gasteiger partial charge in [0, 0.05) is 5.39 Å². The summed E-state index contributed by atoms with van der Waals surface area (Å²) in [5.41, 5.74) is 0.232. The number of carbonyl (C=O) groups is 1. The van der Waals surface area contributed by atoms with Gasteiger partial charge >= 0.3 is 5.97 Å². The molecule has 0 saturated heterocycles. The normalized spacial score (nSPS) is 10.3. The van der Waals surface area contributed by atoms with Crippen molar-refractivity contribution < 1.29 is 14.6 Å². The average Bonchev–Trinajstić information content (AvgIpc) is 2.89. The molecule has 1 N–H and O–H groups in total. The van der Waals surface area contributed by atoms with Crippen molar-refractivity contribution in [2.45, 2.75) is 19.8 Å². The SMILES string of the molecule is C#Cc1nc(C(=O)OCCCC)c(O)c2sccc12. The van der Waals surface area contributed by atoms with Gasteiger partial charge in [0.05, 0.1) is 11.3 Å². The van der Waals surface area contributed by atoms with Gasteiger partial charge in [-0.25, -0.2) is 9.78 Å². The number of esters is 1. The van der Waals surface area contributed by atoms with Crippen LogP contribution in [-0.4, -0.2) is 22.7 Å². The predicted molar refractivity (Wildman–Crippen MR) is 74.4 cm³/mol. The number of carbonyl (C=O) groups excluding carboxylic acids is 1. The molecule has 5 heteroatoms. The summed E-state index contributed by atoms with van der Waals surface area (Å²) in [4.78, 5) is 15.9. The Morgan fingerprint density at radius 3 is 3.11 bits per heavy atom. The van der Waals surface area contributed by atoms with Crippen molar-refractivity contribution in [1.29, 1.82) is 0 Å². The van der Waals surface area contributed by atoms with Crippen molar-refractivity contribution in [3.05, 3.63) is 22.8 Å². The summed E-state index contributed by atoms with van der Waals surface area (Å²) in [7, 11) is 0. The van der Waals surface area contributed by atoms with E-state index in [1.165, 1.54) is 11.3 Å². The monoisotopic (exact) mass is 275 g/mol. The minimum absolute atomic E-state index is 0.112. The third kappa shape index (κ3) is 2.54. The van der Waals surface area contributed by atoms with Gasteiger partial charge in [-0.2, -0.15) is 0 Å². The summed E-state index contributed by atoms with van der Waals surface area (Å²) in [6.45, 7) is 2.31. The molecule has 19 heavy (non-hydrogen) atoms. The molecule has 2 heterocycles. The number of rotatable bonds is 4. The molecule has 0 bridgehead atoms. The number of nitrogens with zero attached hydrogens (tertiary/aromatic N) is 1. The Bertz CT molecular complexity index is 654. The van der Waals surface area contributed by atoms with Crippen LogP contribution in [0.1, 0.15) is 35.9 Å². The molecule has 0 saturated carbocycles. The van der Waals surface area contributed by atoms with Crippen LogP contribution in [0.15, 0.2) is 11.4 Å². The first-order valence-corrected chi connectivity index (χ1v) is 6.81. The van der Waals surface area contributed by atoms with Crippen molar-refractivity contribution >= 4 is 27.4 Å². The highest BCUT2D eigenvalue weighted by Gasteiger charge is 2.20. The van der Waals surface area contributed by atoms with E-state index < -0.39 is 5.97 Å². The van der Waals surface area contributed by atoms with Gasteiger partial charge in [-0.15, -0.1) is 17.8 Å². The number of unbranched alkanes of at least 4 members (excludes halogenated alkanes) is 1. The number of terminal acetylenes is 1. The van der Waals surface area contributed by atoms with Crippen LogP contribution >= 0.6 is 11.3 Å². The first-order chi connectivity index (χ1) is 9.19. The third-order valence-corrected chi connectivity index (χ3v) is 3.57. The van der Waals surface area contributed by atoms with Crippen LogP contribution in [0.5, 0.6) is 5.75 Å². The van der Waals surface area contributed by atoms with E-state index in [4.69, 9.17) is 11.2 Å². The Morgan fingerprint density at radius 2 is 2.42 bits per heavy atom. The summed E-state index contributed by atoms with van der Waals surface area (Å²) in [5, 5.41) is 12.5. The molecule has 2 rings (SSSR count). The summed E-state index contributed by atoms with van der Waals surface area (Å²) in [5.74, 6) is 1.62. The lowest BCUT2D eigenvalue weighted by Gasteiger charge is -2.06. The largest absolute Gasteiger partial charge is 0.504 e. The predicted octanol–water partition coefficient (Wildman–Crippen LogP) is 2.94. The van der Waals surface area contributed by atoms with Crippen molar-refractivity contribution in [1.82, 2.24) is 4.98 Å². The maximum absolute atomic E-state index is 11.9. The number of pyridine rings is 1. The van der Waals surface area contributed by atoms with Crippen LogP contribution in [0.4, 0.5) is 0 Å². The lowest BCUT2D eigenvalue weighted by Crippen LogP contribution is -2.09. The quantitative estimate of drug-likeness (QED) is 0.529. The Morgan fingerprint density at radius 1 is 1.63 bits per heavy atom. The average molecular weight is 275 g/mol. The van der Waals surface area contributed by atoms with Crippen molar-refractivity contribution in [2.75, 3.05) is 6.61 Å². The van der Waals surface area contributed by atoms with Crippen LogP contribution in [0.2, 0.25) is 0 Å². The van der Waals surface area contributed by atoms with Gasteiger partial charge in [0.15, 0.2) is 11.4 Å². The van der Waals surface area contributed by atoms with E-state index >= 15 is 0 Å². The fourth-order valence-corrected chi connectivity index (χ4v) is 2.48. The molecule has 0 atom stereocenters. The zero-order valence-corrected chi connectivity index (χ0v) is 11.3. The number of aromatic hydroxyl groups is 1. The second-order valence-electron chi connectivity index (χ2n) is 3.95. The van der Waals surface area contributed by atoms with E-state index in [0.717, 1.165) is 12.8 Å². The van der Waals surface area contributed by atoms with Crippen LogP contribution in [-0.2, 0) is 4.74 Å². The Kier molecular flexibility index (Phi) is 4.03. The lowest BCUT2D eigenvalue weighted by molar-refractivity contribution is 0.0489. The highest BCUT2D eigenvalue weighted by atomic mass is 32.1. The molecule has 0 spiro atoms. The highest BCUT2D eigenvalue weighted by molar-refractivity contribution is 7.17. The molecule has 0 radical (unpaired) electrons. The lowest BCUT2D eigenvalue weighted by atomic mass is 10.2. The van der Waals surface area contributed by atoms with Crippen LogP contribution in [0.25, 0.3) is 10.1 Å². The van der Waals surface area contributed by atoms with E-state index in [-0.39, 0.29) is 11.4 Å². The topological polar surface area (TPSA) is 59.4 Å². The molecule has 2 aromatic rings. The fourth-order valence-electron chi connectivity index (χ4n) is 1.64. The molecule has 0 aromatic carbocycles. The molecule has 0 amide bonds. The molecule has 2 aromatic heterocycles. The third-order valence-electron chi connectivity index (χ3n) is 2.64. The second-order valence-corrected chi connectivity index (χ2v) is 4.87. The van der Waals surface area contributed by atoms with E-state index in [1.54, 1.807) is 11.4 Å². The summed E-state index contributed by atoms with van der Waals surface area (Å²) in [6.07, 6.45) is 7.07. The summed E-state index contributed by atoms with van der Waals surface area (Å²) < 4.78 is 5.61. The smallest absolute Gasteiger partial charge is 0.360 e. The van der Waals surface area contributed by atoms with Gasteiger partial charge in [-0.3, -0.25) is 0 Å². The van der Waals surface area contributed by atoms with E-state index in [0.29, 0.717) is 22.4 Å². The Labute approximate surface area is 115 Å². The Hall–Kier alpha value is -2.06. The number of thiophene rings is 1. The van der Waals surface area contributed by atoms with Gasteiger partial charge in [-0.1, -0.05) is 13.3 Å². The zero-order valence-electron chi connectivity index (χ0n) is 10.5. The van der Waals surface area contributed by atoms with Crippen LogP contribution in [0.3, 0.4) is 0 Å². The molecule has 4 nitrogen and oxygen atoms in total. The zero-order chi connectivity index (χ0) is 13.8. The molecule has 0 fully saturated rings. The van der Waals surface area contributed by atoms with Crippen LogP contribution < -0.4 is 0 Å². The molecular weight excluding hydrogens is 262 g/mol. The number of hydrogen-bond acceptors (Lipinski definition) is 5. The van der Waals surface area contributed by atoms with Crippen LogP contribution in [0, 0.1) is 12.3 Å². The number of fused-ring (bicyclic) bond motifs is 1. The maximum atomic E-state index is 11.9. The fraction of sp³-hybridized carbons (Fsp3) is 0.286. The first-order valence-electron chi connectivity index (χ1n) is 5.93. The van der Waals surface area contributed by atoms with Gasteiger partial charge in [-0.05, 0) is 23.8 Å². The van der Waals surface area contributed by atoms with Gasteiger partial charge in [0.2, 0.25) is 0 Å². The minimum atomic E-state index is -0.641. The van der Waals surface area contributed by atoms with Crippen molar-refractivity contribution in [3.63, 3.8) is 0 Å². The molecule has 0 aliphatic rings. The molecule has 98 valence electrons. The molecule has 0 unspecified atom stereocenters. The summed E-state index contributed by atoms with van der Waals surface area (Å²) in [6, 6.07) is 1.77. The highest BCUT2D eigenvalue weighted by Crippen LogP contribution is 2.33. The van der Waals surface area contributed by atoms with Gasteiger partial charge in [0.25, 0.3) is 0 Å². The number of hydrogen-bond donors (Lipinski definition) is 1. The van der Waals surface area contributed by atoms with Gasteiger partial charge < -0.3 is 9.84 Å². The molecular formula is C14H13NO3S. The molecule has 0 aliphatic carbocycles.